The molecule has 0 saturated carbocycles. The zero-order valence-electron chi connectivity index (χ0n) is 24.1. The summed E-state index contributed by atoms with van der Waals surface area (Å²) in [7, 11) is 9.67. The molecule has 216 valence electrons. The van der Waals surface area contributed by atoms with E-state index in [-0.39, 0.29) is 35.4 Å². The third-order valence-electron chi connectivity index (χ3n) is 7.04. The van der Waals surface area contributed by atoms with E-state index in [1.54, 1.807) is 42.9 Å². The van der Waals surface area contributed by atoms with E-state index in [9.17, 15) is 5.11 Å². The van der Waals surface area contributed by atoms with E-state index >= 15 is 4.39 Å². The molecule has 0 aliphatic rings. The van der Waals surface area contributed by atoms with Crippen LogP contribution < -0.4 is 18.9 Å². The summed E-state index contributed by atoms with van der Waals surface area (Å²) in [6.45, 7) is 0.464. The molecule has 0 bridgehead atoms. The van der Waals surface area contributed by atoms with Crippen LogP contribution in [0.25, 0.3) is 11.1 Å². The Morgan fingerprint density at radius 3 is 2.15 bits per heavy atom. The molecule has 0 unspecified atom stereocenters. The first-order chi connectivity index (χ1) is 19.7. The van der Waals surface area contributed by atoms with Gasteiger partial charge in [-0.1, -0.05) is 12.1 Å². The van der Waals surface area contributed by atoms with Crippen molar-refractivity contribution in [3.05, 3.63) is 89.6 Å². The highest BCUT2D eigenvalue weighted by atomic mass is 19.1. The van der Waals surface area contributed by atoms with Gasteiger partial charge in [-0.05, 0) is 55.9 Å². The summed E-state index contributed by atoms with van der Waals surface area (Å²) in [5, 5.41) is 12.9. The highest BCUT2D eigenvalue weighted by Gasteiger charge is 2.44. The molecule has 1 N–H and O–H groups in total. The van der Waals surface area contributed by atoms with Gasteiger partial charge in [-0.25, -0.2) is 9.37 Å². The molecular formula is C31H35FN4O5. The lowest BCUT2D eigenvalue weighted by Gasteiger charge is -2.39. The molecule has 0 radical (unpaired) electrons. The Balaban J connectivity index is 2.09. The van der Waals surface area contributed by atoms with E-state index in [1.165, 1.54) is 34.5 Å². The zero-order valence-corrected chi connectivity index (χ0v) is 24.1. The second kappa shape index (κ2) is 12.9. The Hall–Kier alpha value is -4.28. The van der Waals surface area contributed by atoms with Gasteiger partial charge >= 0.3 is 0 Å². The van der Waals surface area contributed by atoms with Crippen molar-refractivity contribution in [2.24, 2.45) is 0 Å². The molecule has 9 nitrogen and oxygen atoms in total. The summed E-state index contributed by atoms with van der Waals surface area (Å²) in [6, 6.07) is 13.7. The lowest BCUT2D eigenvalue weighted by molar-refractivity contribution is 0.00229. The van der Waals surface area contributed by atoms with Crippen molar-refractivity contribution in [1.82, 2.24) is 19.9 Å². The molecule has 2 atom stereocenters. The summed E-state index contributed by atoms with van der Waals surface area (Å²) < 4.78 is 38.2. The van der Waals surface area contributed by atoms with Gasteiger partial charge in [0.1, 0.15) is 5.60 Å². The second-order valence-corrected chi connectivity index (χ2v) is 9.77. The Bertz CT molecular complexity index is 1450. The average Bonchev–Trinajstić information content (AvgIpc) is 3.01. The number of aromatic nitrogens is 3. The molecule has 10 heteroatoms. The van der Waals surface area contributed by atoms with E-state index in [4.69, 9.17) is 18.9 Å². The normalized spacial score (nSPS) is 13.4. The van der Waals surface area contributed by atoms with Gasteiger partial charge in [0.05, 0.1) is 34.4 Å². The van der Waals surface area contributed by atoms with Crippen LogP contribution in [0.4, 0.5) is 4.39 Å². The minimum Gasteiger partial charge on any atom is -0.494 e. The van der Waals surface area contributed by atoms with E-state index in [0.29, 0.717) is 17.7 Å². The van der Waals surface area contributed by atoms with E-state index in [1.807, 2.05) is 37.2 Å². The predicted molar refractivity (Wildman–Crippen MR) is 153 cm³/mol. The van der Waals surface area contributed by atoms with Crippen molar-refractivity contribution in [2.45, 2.75) is 17.9 Å². The molecule has 0 saturated heterocycles. The van der Waals surface area contributed by atoms with Gasteiger partial charge in [0.2, 0.25) is 17.6 Å². The molecule has 0 amide bonds. The Morgan fingerprint density at radius 2 is 1.56 bits per heavy atom. The standard InChI is InChI=1S/C31H35FN4O5/c1-36(2)15-12-31(37,22-17-26(39-4)35-27(18-22)40-5)28(23-8-7-9-25(38-3)29(23)32)24-16-21(19-34-30(24)41-6)20-10-13-33-14-11-20/h7-11,13-14,16-19,28,37H,12,15H2,1-6H3/t28-,31+/m1/s1. The lowest BCUT2D eigenvalue weighted by Crippen LogP contribution is -2.38. The number of hydrogen-bond donors (Lipinski definition) is 1. The molecule has 0 aliphatic carbocycles. The average molecular weight is 563 g/mol. The van der Waals surface area contributed by atoms with Crippen molar-refractivity contribution < 1.29 is 28.4 Å². The van der Waals surface area contributed by atoms with Crippen LogP contribution in [0.2, 0.25) is 0 Å². The molecule has 3 heterocycles. The maximum absolute atomic E-state index is 16.2. The van der Waals surface area contributed by atoms with Gasteiger partial charge in [0.15, 0.2) is 11.6 Å². The second-order valence-electron chi connectivity index (χ2n) is 9.77. The van der Waals surface area contributed by atoms with Gasteiger partial charge in [0, 0.05) is 54.0 Å². The highest BCUT2D eigenvalue weighted by Crippen LogP contribution is 2.49. The van der Waals surface area contributed by atoms with Gasteiger partial charge < -0.3 is 29.0 Å². The maximum atomic E-state index is 16.2. The third kappa shape index (κ3) is 6.23. The highest BCUT2D eigenvalue weighted by molar-refractivity contribution is 5.65. The van der Waals surface area contributed by atoms with Crippen molar-refractivity contribution in [3.63, 3.8) is 0 Å². The molecule has 3 aromatic heterocycles. The van der Waals surface area contributed by atoms with Crippen LogP contribution in [0.5, 0.6) is 23.4 Å². The number of ether oxygens (including phenoxy) is 4. The first-order valence-electron chi connectivity index (χ1n) is 13.0. The van der Waals surface area contributed by atoms with Gasteiger partial charge in [-0.3, -0.25) is 4.98 Å². The SMILES string of the molecule is COc1cc([C@@](O)(CCN(C)C)[C@@H](c2cc(-c3ccncc3)cnc2OC)c2cccc(OC)c2F)cc(OC)n1. The van der Waals surface area contributed by atoms with Gasteiger partial charge in [-0.2, -0.15) is 4.98 Å². The molecule has 0 fully saturated rings. The number of benzene rings is 1. The minimum absolute atomic E-state index is 0.0459. The van der Waals surface area contributed by atoms with Crippen molar-refractivity contribution in [3.8, 4) is 34.5 Å². The number of pyridine rings is 3. The molecule has 0 spiro atoms. The number of hydrogen-bond acceptors (Lipinski definition) is 9. The molecule has 4 aromatic rings. The summed E-state index contributed by atoms with van der Waals surface area (Å²) >= 11 is 0. The van der Waals surface area contributed by atoms with Crippen molar-refractivity contribution in [2.75, 3.05) is 49.1 Å². The summed E-state index contributed by atoms with van der Waals surface area (Å²) in [5.74, 6) is -0.853. The fourth-order valence-electron chi connectivity index (χ4n) is 4.93. The van der Waals surface area contributed by atoms with E-state index in [2.05, 4.69) is 15.0 Å². The van der Waals surface area contributed by atoms with Crippen molar-refractivity contribution in [1.29, 1.82) is 0 Å². The molecule has 1 aromatic carbocycles. The topological polar surface area (TPSA) is 99.1 Å². The third-order valence-corrected chi connectivity index (χ3v) is 7.04. The van der Waals surface area contributed by atoms with Crippen LogP contribution in [0.15, 0.2) is 67.1 Å². The van der Waals surface area contributed by atoms with Crippen molar-refractivity contribution >= 4 is 0 Å². The predicted octanol–water partition coefficient (Wildman–Crippen LogP) is 4.68. The fourth-order valence-corrected chi connectivity index (χ4v) is 4.93. The number of aliphatic hydroxyl groups is 1. The Kier molecular flexibility index (Phi) is 9.36. The summed E-state index contributed by atoms with van der Waals surface area (Å²) in [6.07, 6.45) is 5.23. The monoisotopic (exact) mass is 562 g/mol. The number of methoxy groups -OCH3 is 4. The van der Waals surface area contributed by atoms with Gasteiger partial charge in [-0.15, -0.1) is 0 Å². The molecular weight excluding hydrogens is 527 g/mol. The van der Waals surface area contributed by atoms with Crippen LogP contribution in [-0.4, -0.2) is 74.0 Å². The number of rotatable bonds is 12. The summed E-state index contributed by atoms with van der Waals surface area (Å²) in [4.78, 5) is 15.0. The molecule has 0 aliphatic heterocycles. The Morgan fingerprint density at radius 1 is 0.878 bits per heavy atom. The molecule has 41 heavy (non-hydrogen) atoms. The first kappa shape index (κ1) is 29.7. The molecule has 4 rings (SSSR count). The fraction of sp³-hybridized carbons (Fsp3) is 0.323. The van der Waals surface area contributed by atoms with Crippen LogP contribution in [-0.2, 0) is 5.60 Å². The van der Waals surface area contributed by atoms with Crippen LogP contribution >= 0.6 is 0 Å². The minimum atomic E-state index is -1.73. The maximum Gasteiger partial charge on any atom is 0.217 e. The lowest BCUT2D eigenvalue weighted by atomic mass is 9.71. The Labute approximate surface area is 239 Å². The number of nitrogens with zero attached hydrogens (tertiary/aromatic N) is 4. The van der Waals surface area contributed by atoms with Crippen LogP contribution in [0.3, 0.4) is 0 Å². The van der Waals surface area contributed by atoms with E-state index < -0.39 is 17.3 Å². The summed E-state index contributed by atoms with van der Waals surface area (Å²) in [5.41, 5.74) is 0.970. The largest absolute Gasteiger partial charge is 0.494 e. The first-order valence-corrected chi connectivity index (χ1v) is 13.0. The van der Waals surface area contributed by atoms with Crippen LogP contribution in [0.1, 0.15) is 29.0 Å². The quantitative estimate of drug-likeness (QED) is 0.264. The smallest absolute Gasteiger partial charge is 0.217 e. The van der Waals surface area contributed by atoms with Crippen LogP contribution in [0, 0.1) is 5.82 Å². The zero-order chi connectivity index (χ0) is 29.6. The van der Waals surface area contributed by atoms with Gasteiger partial charge in [0.25, 0.3) is 0 Å². The van der Waals surface area contributed by atoms with E-state index in [0.717, 1.165) is 11.1 Å². The number of halogens is 1.